The van der Waals surface area contributed by atoms with Gasteiger partial charge in [0.25, 0.3) is 0 Å². The number of hydrogen-bond donors (Lipinski definition) is 0. The number of amidine groups is 1. The second-order valence-electron chi connectivity index (χ2n) is 12.3. The van der Waals surface area contributed by atoms with Gasteiger partial charge in [0.15, 0.2) is 11.0 Å². The van der Waals surface area contributed by atoms with Gasteiger partial charge in [-0.3, -0.25) is 19.3 Å². The molecule has 6 rings (SSSR count). The molecule has 14 heteroatoms. The minimum Gasteiger partial charge on any atom is -0.461 e. The number of ether oxygens (including phenoxy) is 2. The third-order valence-corrected chi connectivity index (χ3v) is 9.37. The summed E-state index contributed by atoms with van der Waals surface area (Å²) in [7, 11) is 0. The van der Waals surface area contributed by atoms with Gasteiger partial charge in [-0.15, -0.1) is 18.3 Å². The molecule has 1 atom stereocenters. The van der Waals surface area contributed by atoms with Crippen LogP contribution < -0.4 is 9.64 Å². The van der Waals surface area contributed by atoms with Crippen molar-refractivity contribution in [2.24, 2.45) is 10.9 Å². The number of benzene rings is 4. The number of carbonyl (C=O) groups excluding carboxylic acids is 3. The molecule has 1 unspecified atom stereocenters. The molecule has 0 aliphatic carbocycles. The van der Waals surface area contributed by atoms with Crippen molar-refractivity contribution < 1.29 is 37.0 Å². The molecule has 1 aliphatic heterocycles. The zero-order valence-corrected chi connectivity index (χ0v) is 29.6. The summed E-state index contributed by atoms with van der Waals surface area (Å²) in [6.45, 7) is 3.86. The quantitative estimate of drug-likeness (QED) is 0.119. The minimum absolute atomic E-state index is 0.0589. The Kier molecular flexibility index (Phi) is 11.4. The number of hydrogen-bond acceptors (Lipinski definition) is 8. The second-order valence-corrected chi connectivity index (χ2v) is 13.3. The number of aromatic nitrogens is 3. The SMILES string of the molecule is Cc1cccc(C)c1N1C(=O)CSC1=NC(=O)CC(CCc1ccc(-c2ncn(-c3ccc(OC(F)(F)F)cc3)n2)cc1)C(=O)OCc1ccccc1. The van der Waals surface area contributed by atoms with Crippen molar-refractivity contribution >= 4 is 40.4 Å². The standard InChI is InChI=1S/C39H34F3N5O5S/c1-25-7-6-8-26(2)35(25)47-34(49)23-53-38(47)44-33(48)21-30(37(50)51-22-28-9-4-3-5-10-28)16-13-27-11-14-29(15-12-27)36-43-24-46(45-36)31-17-19-32(20-18-31)52-39(40,41)42/h3-12,14-15,17-20,24,30H,13,16,21-23H2,1-2H3. The van der Waals surface area contributed by atoms with E-state index in [4.69, 9.17) is 4.74 Å². The van der Waals surface area contributed by atoms with Gasteiger partial charge < -0.3 is 9.47 Å². The van der Waals surface area contributed by atoms with Gasteiger partial charge in [0.05, 0.1) is 23.0 Å². The first kappa shape index (κ1) is 37.0. The normalized spacial score (nSPS) is 14.4. The first-order valence-corrected chi connectivity index (χ1v) is 17.6. The molecule has 10 nitrogen and oxygen atoms in total. The summed E-state index contributed by atoms with van der Waals surface area (Å²) in [5.41, 5.74) is 5.37. The van der Waals surface area contributed by atoms with Crippen LogP contribution in [0.3, 0.4) is 0 Å². The fourth-order valence-corrected chi connectivity index (χ4v) is 6.69. The molecular formula is C39H34F3N5O5S. The highest BCUT2D eigenvalue weighted by molar-refractivity contribution is 8.15. The lowest BCUT2D eigenvalue weighted by Crippen LogP contribution is -2.31. The number of rotatable bonds is 12. The Bertz CT molecular complexity index is 2100. The van der Waals surface area contributed by atoms with E-state index in [1.807, 2.05) is 86.6 Å². The van der Waals surface area contributed by atoms with Crippen LogP contribution in [0.4, 0.5) is 18.9 Å². The monoisotopic (exact) mass is 741 g/mol. The summed E-state index contributed by atoms with van der Waals surface area (Å²) in [5.74, 6) is -1.80. The lowest BCUT2D eigenvalue weighted by molar-refractivity contribution is -0.274. The van der Waals surface area contributed by atoms with Crippen LogP contribution >= 0.6 is 11.8 Å². The van der Waals surface area contributed by atoms with Crippen molar-refractivity contribution in [3.05, 3.63) is 126 Å². The lowest BCUT2D eigenvalue weighted by atomic mass is 9.95. The highest BCUT2D eigenvalue weighted by Crippen LogP contribution is 2.32. The summed E-state index contributed by atoms with van der Waals surface area (Å²) in [5, 5.41) is 4.73. The van der Waals surface area contributed by atoms with Crippen LogP contribution in [0, 0.1) is 19.8 Å². The van der Waals surface area contributed by atoms with Crippen LogP contribution in [0.1, 0.15) is 35.1 Å². The predicted molar refractivity (Wildman–Crippen MR) is 194 cm³/mol. The molecule has 0 N–H and O–H groups in total. The molecule has 0 saturated carbocycles. The van der Waals surface area contributed by atoms with Crippen molar-refractivity contribution in [1.29, 1.82) is 0 Å². The van der Waals surface area contributed by atoms with Crippen molar-refractivity contribution in [3.8, 4) is 22.8 Å². The van der Waals surface area contributed by atoms with Crippen molar-refractivity contribution in [1.82, 2.24) is 14.8 Å². The van der Waals surface area contributed by atoms with Crippen LogP contribution in [0.15, 0.2) is 108 Å². The number of para-hydroxylation sites is 1. The van der Waals surface area contributed by atoms with E-state index in [9.17, 15) is 27.6 Å². The largest absolute Gasteiger partial charge is 0.573 e. The van der Waals surface area contributed by atoms with Gasteiger partial charge in [0.2, 0.25) is 11.8 Å². The summed E-state index contributed by atoms with van der Waals surface area (Å²) in [4.78, 5) is 49.9. The average molecular weight is 742 g/mol. The van der Waals surface area contributed by atoms with E-state index < -0.39 is 24.2 Å². The highest BCUT2D eigenvalue weighted by Gasteiger charge is 2.33. The van der Waals surface area contributed by atoms with Crippen LogP contribution in [0.2, 0.25) is 0 Å². The van der Waals surface area contributed by atoms with Crippen LogP contribution in [-0.4, -0.2) is 49.8 Å². The smallest absolute Gasteiger partial charge is 0.461 e. The molecule has 272 valence electrons. The maximum atomic E-state index is 13.4. The van der Waals surface area contributed by atoms with Crippen LogP contribution in [0.5, 0.6) is 5.75 Å². The number of aryl methyl sites for hydroxylation is 3. The zero-order chi connectivity index (χ0) is 37.5. The first-order valence-electron chi connectivity index (χ1n) is 16.6. The summed E-state index contributed by atoms with van der Waals surface area (Å²) >= 11 is 1.19. The van der Waals surface area contributed by atoms with Gasteiger partial charge in [0.1, 0.15) is 18.7 Å². The molecule has 53 heavy (non-hydrogen) atoms. The van der Waals surface area contributed by atoms with E-state index in [2.05, 4.69) is 19.8 Å². The molecule has 2 heterocycles. The summed E-state index contributed by atoms with van der Waals surface area (Å²) in [6, 6.07) is 27.6. The third kappa shape index (κ3) is 9.57. The Morgan fingerprint density at radius 1 is 0.906 bits per heavy atom. The Labute approximate surface area is 307 Å². The molecule has 2 amide bonds. The fraction of sp³-hybridized carbons (Fsp3) is 0.231. The second kappa shape index (κ2) is 16.3. The molecule has 1 fully saturated rings. The van der Waals surface area contributed by atoms with Gasteiger partial charge in [-0.1, -0.05) is 84.6 Å². The number of amides is 2. The zero-order valence-electron chi connectivity index (χ0n) is 28.7. The topological polar surface area (TPSA) is 116 Å². The number of aliphatic imine (C=N–C) groups is 1. The van der Waals surface area contributed by atoms with Gasteiger partial charge in [-0.05, 0) is 73.2 Å². The van der Waals surface area contributed by atoms with E-state index in [1.54, 1.807) is 0 Å². The molecule has 0 spiro atoms. The first-order chi connectivity index (χ1) is 25.4. The number of alkyl halides is 3. The molecule has 1 aliphatic rings. The third-order valence-electron chi connectivity index (χ3n) is 8.45. The minimum atomic E-state index is -4.78. The Hall–Kier alpha value is -5.76. The Morgan fingerprint density at radius 3 is 2.28 bits per heavy atom. The molecule has 0 radical (unpaired) electrons. The van der Waals surface area contributed by atoms with Crippen LogP contribution in [-0.2, 0) is 32.1 Å². The Balaban J connectivity index is 1.13. The fourth-order valence-electron chi connectivity index (χ4n) is 5.82. The highest BCUT2D eigenvalue weighted by atomic mass is 32.2. The number of halogens is 3. The van der Waals surface area contributed by atoms with Crippen molar-refractivity contribution in [2.75, 3.05) is 10.7 Å². The predicted octanol–water partition coefficient (Wildman–Crippen LogP) is 7.79. The maximum Gasteiger partial charge on any atom is 0.573 e. The van der Waals surface area contributed by atoms with Crippen LogP contribution in [0.25, 0.3) is 17.1 Å². The molecule has 0 bridgehead atoms. The average Bonchev–Trinajstić information content (AvgIpc) is 3.76. The summed E-state index contributed by atoms with van der Waals surface area (Å²) in [6.07, 6.45) is -2.78. The Morgan fingerprint density at radius 2 is 1.60 bits per heavy atom. The van der Waals surface area contributed by atoms with E-state index in [-0.39, 0.29) is 35.6 Å². The number of anilines is 1. The lowest BCUT2D eigenvalue weighted by Gasteiger charge is -2.21. The molecular weight excluding hydrogens is 708 g/mol. The molecule has 1 saturated heterocycles. The molecule has 5 aromatic rings. The van der Waals surface area contributed by atoms with Crippen molar-refractivity contribution in [3.63, 3.8) is 0 Å². The number of esters is 1. The van der Waals surface area contributed by atoms with Crippen molar-refractivity contribution in [2.45, 2.75) is 46.1 Å². The number of thioether (sulfide) groups is 1. The van der Waals surface area contributed by atoms with E-state index >= 15 is 0 Å². The maximum absolute atomic E-state index is 13.4. The van der Waals surface area contributed by atoms with Gasteiger partial charge in [0, 0.05) is 12.0 Å². The van der Waals surface area contributed by atoms with Gasteiger partial charge in [-0.25, -0.2) is 9.67 Å². The summed E-state index contributed by atoms with van der Waals surface area (Å²) < 4.78 is 48.5. The van der Waals surface area contributed by atoms with E-state index in [0.717, 1.165) is 22.3 Å². The van der Waals surface area contributed by atoms with Gasteiger partial charge >= 0.3 is 12.3 Å². The number of carbonyl (C=O) groups is 3. The van der Waals surface area contributed by atoms with Gasteiger partial charge in [-0.2, -0.15) is 4.99 Å². The van der Waals surface area contributed by atoms with E-state index in [1.165, 1.54) is 51.9 Å². The number of nitrogens with zero attached hydrogens (tertiary/aromatic N) is 5. The molecule has 4 aromatic carbocycles. The van der Waals surface area contributed by atoms with E-state index in [0.29, 0.717) is 35.6 Å². The molecule has 1 aromatic heterocycles.